The molecule has 0 aliphatic heterocycles. The molecule has 0 aromatic heterocycles. The lowest BCUT2D eigenvalue weighted by atomic mass is 10.1. The predicted molar refractivity (Wildman–Crippen MR) is 66.8 cm³/mol. The fourth-order valence-corrected chi connectivity index (χ4v) is 1.99. The Hall–Kier alpha value is -1.00. The van der Waals surface area contributed by atoms with Gasteiger partial charge in [-0.25, -0.2) is 0 Å². The highest BCUT2D eigenvalue weighted by atomic mass is 32.2. The van der Waals surface area contributed by atoms with Crippen molar-refractivity contribution in [3.8, 4) is 0 Å². The van der Waals surface area contributed by atoms with Crippen LogP contribution in [-0.2, 0) is 16.0 Å². The van der Waals surface area contributed by atoms with E-state index in [9.17, 15) is 4.79 Å². The number of hydrogen-bond acceptors (Lipinski definition) is 3. The lowest BCUT2D eigenvalue weighted by Crippen LogP contribution is -2.28. The molecule has 88 valence electrons. The van der Waals surface area contributed by atoms with E-state index in [-0.39, 0.29) is 5.91 Å². The van der Waals surface area contributed by atoms with Crippen LogP contribution in [0.3, 0.4) is 0 Å². The van der Waals surface area contributed by atoms with E-state index >= 15 is 0 Å². The van der Waals surface area contributed by atoms with Crippen LogP contribution in [0.1, 0.15) is 5.56 Å². The maximum Gasteiger partial charge on any atom is 0.224 e. The molecule has 1 aromatic rings. The molecule has 0 heterocycles. The van der Waals surface area contributed by atoms with Crippen LogP contribution in [0.2, 0.25) is 0 Å². The van der Waals surface area contributed by atoms with Crippen molar-refractivity contribution in [2.45, 2.75) is 11.3 Å². The summed E-state index contributed by atoms with van der Waals surface area (Å²) in [6, 6.07) is 7.96. The standard InChI is InChI=1S/C12H17NO2S/c1-15-8-7-13-12(14)9-10-5-3-4-6-11(10)16-2/h3-6H,7-9H2,1-2H3,(H,13,14). The molecule has 1 N–H and O–H groups in total. The number of hydrogen-bond donors (Lipinski definition) is 1. The Kier molecular flexibility index (Phi) is 5.96. The zero-order valence-electron chi connectivity index (χ0n) is 9.66. The number of ether oxygens (including phenoxy) is 1. The summed E-state index contributed by atoms with van der Waals surface area (Å²) in [5.41, 5.74) is 1.07. The zero-order valence-corrected chi connectivity index (χ0v) is 10.5. The molecule has 1 rings (SSSR count). The van der Waals surface area contributed by atoms with E-state index < -0.39 is 0 Å². The van der Waals surface area contributed by atoms with Gasteiger partial charge in [-0.05, 0) is 17.9 Å². The molecular weight excluding hydrogens is 222 g/mol. The van der Waals surface area contributed by atoms with Crippen molar-refractivity contribution in [2.24, 2.45) is 0 Å². The van der Waals surface area contributed by atoms with E-state index in [1.165, 1.54) is 0 Å². The van der Waals surface area contributed by atoms with Crippen molar-refractivity contribution in [2.75, 3.05) is 26.5 Å². The number of nitrogens with one attached hydrogen (secondary N) is 1. The van der Waals surface area contributed by atoms with E-state index in [1.54, 1.807) is 18.9 Å². The first-order valence-corrected chi connectivity index (χ1v) is 6.38. The van der Waals surface area contributed by atoms with E-state index in [2.05, 4.69) is 5.32 Å². The SMILES string of the molecule is COCCNC(=O)Cc1ccccc1SC. The first-order chi connectivity index (χ1) is 7.77. The molecule has 0 saturated heterocycles. The summed E-state index contributed by atoms with van der Waals surface area (Å²) in [5, 5.41) is 2.81. The second-order valence-electron chi connectivity index (χ2n) is 3.33. The van der Waals surface area contributed by atoms with Gasteiger partial charge in [0.25, 0.3) is 0 Å². The summed E-state index contributed by atoms with van der Waals surface area (Å²) in [6.07, 6.45) is 2.45. The van der Waals surface area contributed by atoms with Gasteiger partial charge in [0.05, 0.1) is 13.0 Å². The monoisotopic (exact) mass is 239 g/mol. The van der Waals surface area contributed by atoms with Crippen LogP contribution >= 0.6 is 11.8 Å². The van der Waals surface area contributed by atoms with Gasteiger partial charge in [0, 0.05) is 18.6 Å². The Morgan fingerprint density at radius 3 is 2.88 bits per heavy atom. The average molecular weight is 239 g/mol. The topological polar surface area (TPSA) is 38.3 Å². The van der Waals surface area contributed by atoms with E-state index in [0.717, 1.165) is 10.5 Å². The summed E-state index contributed by atoms with van der Waals surface area (Å²) >= 11 is 1.66. The molecule has 3 nitrogen and oxygen atoms in total. The third kappa shape index (κ3) is 4.24. The highest BCUT2D eigenvalue weighted by molar-refractivity contribution is 7.98. The molecular formula is C12H17NO2S. The van der Waals surface area contributed by atoms with Crippen LogP contribution in [0.15, 0.2) is 29.2 Å². The van der Waals surface area contributed by atoms with Crippen molar-refractivity contribution in [3.05, 3.63) is 29.8 Å². The number of benzene rings is 1. The summed E-state index contributed by atoms with van der Waals surface area (Å²) in [4.78, 5) is 12.7. The Morgan fingerprint density at radius 1 is 1.44 bits per heavy atom. The lowest BCUT2D eigenvalue weighted by molar-refractivity contribution is -0.120. The Morgan fingerprint density at radius 2 is 2.19 bits per heavy atom. The van der Waals surface area contributed by atoms with E-state index in [4.69, 9.17) is 4.74 Å². The highest BCUT2D eigenvalue weighted by Gasteiger charge is 2.06. The molecule has 4 heteroatoms. The molecule has 0 radical (unpaired) electrons. The minimum atomic E-state index is 0.0403. The molecule has 16 heavy (non-hydrogen) atoms. The van der Waals surface area contributed by atoms with Crippen LogP contribution in [0.25, 0.3) is 0 Å². The molecule has 0 aliphatic rings. The first-order valence-electron chi connectivity index (χ1n) is 5.15. The van der Waals surface area contributed by atoms with E-state index in [1.807, 2.05) is 30.5 Å². The molecule has 0 unspecified atom stereocenters. The summed E-state index contributed by atoms with van der Waals surface area (Å²) in [7, 11) is 1.62. The smallest absolute Gasteiger partial charge is 0.224 e. The molecule has 0 atom stereocenters. The minimum absolute atomic E-state index is 0.0403. The maximum absolute atomic E-state index is 11.6. The number of amides is 1. The second kappa shape index (κ2) is 7.30. The third-order valence-electron chi connectivity index (χ3n) is 2.17. The number of rotatable bonds is 6. The Bertz CT molecular complexity index is 342. The number of carbonyl (C=O) groups excluding carboxylic acids is 1. The van der Waals surface area contributed by atoms with Crippen molar-refractivity contribution in [1.29, 1.82) is 0 Å². The molecule has 0 spiro atoms. The predicted octanol–water partition coefficient (Wildman–Crippen LogP) is 1.71. The molecule has 1 amide bonds. The fourth-order valence-electron chi connectivity index (χ4n) is 1.38. The van der Waals surface area contributed by atoms with Crippen LogP contribution in [-0.4, -0.2) is 32.4 Å². The van der Waals surface area contributed by atoms with Crippen molar-refractivity contribution in [3.63, 3.8) is 0 Å². The van der Waals surface area contributed by atoms with Gasteiger partial charge in [-0.2, -0.15) is 0 Å². The van der Waals surface area contributed by atoms with Crippen LogP contribution in [0.4, 0.5) is 0 Å². The van der Waals surface area contributed by atoms with Crippen molar-refractivity contribution < 1.29 is 9.53 Å². The quantitative estimate of drug-likeness (QED) is 0.607. The Balaban J connectivity index is 2.49. The zero-order chi connectivity index (χ0) is 11.8. The summed E-state index contributed by atoms with van der Waals surface area (Å²) in [5.74, 6) is 0.0403. The van der Waals surface area contributed by atoms with Gasteiger partial charge >= 0.3 is 0 Å². The molecule has 0 bridgehead atoms. The van der Waals surface area contributed by atoms with Crippen LogP contribution in [0.5, 0.6) is 0 Å². The first kappa shape index (κ1) is 13.1. The van der Waals surface area contributed by atoms with E-state index in [0.29, 0.717) is 19.6 Å². The molecule has 0 fully saturated rings. The summed E-state index contributed by atoms with van der Waals surface area (Å²) < 4.78 is 4.87. The van der Waals surface area contributed by atoms with Gasteiger partial charge in [-0.1, -0.05) is 18.2 Å². The fraction of sp³-hybridized carbons (Fsp3) is 0.417. The van der Waals surface area contributed by atoms with Crippen molar-refractivity contribution in [1.82, 2.24) is 5.32 Å². The molecule has 0 saturated carbocycles. The number of thioether (sulfide) groups is 1. The van der Waals surface area contributed by atoms with Gasteiger partial charge in [-0.3, -0.25) is 4.79 Å². The van der Waals surface area contributed by atoms with Crippen LogP contribution < -0.4 is 5.32 Å². The van der Waals surface area contributed by atoms with Gasteiger partial charge in [0.1, 0.15) is 0 Å². The lowest BCUT2D eigenvalue weighted by Gasteiger charge is -2.07. The van der Waals surface area contributed by atoms with Gasteiger partial charge in [0.2, 0.25) is 5.91 Å². The maximum atomic E-state index is 11.6. The number of carbonyl (C=O) groups is 1. The van der Waals surface area contributed by atoms with Gasteiger partial charge in [0.15, 0.2) is 0 Å². The Labute approximate surface area is 101 Å². The number of methoxy groups -OCH3 is 1. The summed E-state index contributed by atoms with van der Waals surface area (Å²) in [6.45, 7) is 1.12. The van der Waals surface area contributed by atoms with Crippen LogP contribution in [0, 0.1) is 0 Å². The highest BCUT2D eigenvalue weighted by Crippen LogP contribution is 2.19. The molecule has 1 aromatic carbocycles. The third-order valence-corrected chi connectivity index (χ3v) is 3.01. The normalized spacial score (nSPS) is 10.1. The molecule has 0 aliphatic carbocycles. The van der Waals surface area contributed by atoms with Gasteiger partial charge < -0.3 is 10.1 Å². The minimum Gasteiger partial charge on any atom is -0.383 e. The van der Waals surface area contributed by atoms with Crippen molar-refractivity contribution >= 4 is 17.7 Å². The second-order valence-corrected chi connectivity index (χ2v) is 4.18. The van der Waals surface area contributed by atoms with Gasteiger partial charge in [-0.15, -0.1) is 11.8 Å². The average Bonchev–Trinajstić information content (AvgIpc) is 2.30. The largest absolute Gasteiger partial charge is 0.383 e.